The van der Waals surface area contributed by atoms with Crippen molar-refractivity contribution < 1.29 is 80.2 Å². The molecule has 0 aliphatic heterocycles. The van der Waals surface area contributed by atoms with E-state index in [1.807, 2.05) is 0 Å². The Balaban J connectivity index is 5.25. The summed E-state index contributed by atoms with van der Waals surface area (Å²) in [6, 6.07) is 0. The van der Waals surface area contributed by atoms with Gasteiger partial charge in [0.25, 0.3) is 0 Å². The zero-order valence-corrected chi connectivity index (χ0v) is 60.6. The van der Waals surface area contributed by atoms with Crippen LogP contribution in [0.25, 0.3) is 0 Å². The van der Waals surface area contributed by atoms with Gasteiger partial charge in [0.2, 0.25) is 0 Å². The van der Waals surface area contributed by atoms with E-state index in [2.05, 4.69) is 55.4 Å². The molecule has 0 spiro atoms. The van der Waals surface area contributed by atoms with E-state index in [1.165, 1.54) is 148 Å². The largest absolute Gasteiger partial charge is 0.472 e. The number of carbonyl (C=O) groups excluding carboxylic acids is 4. The Labute approximate surface area is 549 Å². The van der Waals surface area contributed by atoms with Crippen molar-refractivity contribution in [1.82, 2.24) is 0 Å². The molecule has 0 aromatic carbocycles. The summed E-state index contributed by atoms with van der Waals surface area (Å²) in [5.41, 5.74) is 0. The first kappa shape index (κ1) is 88.1. The van der Waals surface area contributed by atoms with Gasteiger partial charge < -0.3 is 33.8 Å². The van der Waals surface area contributed by atoms with Crippen molar-refractivity contribution in [2.45, 2.75) is 369 Å². The van der Waals surface area contributed by atoms with E-state index < -0.39 is 97.5 Å². The molecule has 0 heterocycles. The second-order valence-electron chi connectivity index (χ2n) is 27.3. The number of aliphatic hydroxyl groups excluding tert-OH is 1. The van der Waals surface area contributed by atoms with Crippen LogP contribution in [-0.2, 0) is 65.4 Å². The lowest BCUT2D eigenvalue weighted by atomic mass is 9.99. The van der Waals surface area contributed by atoms with Crippen LogP contribution in [0.1, 0.15) is 351 Å². The molecule has 534 valence electrons. The molecule has 0 saturated heterocycles. The Kier molecular flexibility index (Phi) is 59.4. The average Bonchev–Trinajstić information content (AvgIpc) is 3.68. The summed E-state index contributed by atoms with van der Waals surface area (Å²) in [4.78, 5) is 72.6. The van der Waals surface area contributed by atoms with Crippen LogP contribution in [0.2, 0.25) is 0 Å². The first-order valence-electron chi connectivity index (χ1n) is 36.7. The Morgan fingerprint density at radius 3 is 0.789 bits per heavy atom. The quantitative estimate of drug-likeness (QED) is 0.0222. The van der Waals surface area contributed by atoms with Gasteiger partial charge in [0, 0.05) is 25.7 Å². The molecule has 0 bridgehead atoms. The van der Waals surface area contributed by atoms with Crippen LogP contribution < -0.4 is 0 Å². The summed E-state index contributed by atoms with van der Waals surface area (Å²) in [6.45, 7) is 14.1. The van der Waals surface area contributed by atoms with E-state index in [0.717, 1.165) is 114 Å². The standard InChI is InChI=1S/C71H138O17P2/c1-9-64(8)50-42-34-25-21-22-28-38-46-54-71(76)88-67(58-82-69(74)52-44-36-30-29-33-41-49-63(6)7)60-86-90(79,80)84-56-65(72)55-83-89(77,78)85-59-66(87-70(75)53-45-37-27-20-16-12-14-18-24-32-40-48-62(4)5)57-81-68(73)51-43-35-26-19-15-11-10-13-17-23-31-39-47-61(2)3/h61-67,72H,9-60H2,1-8H3,(H,77,78)(H,79,80)/t64?,65-,66-,67-/m1/s1. The number of hydrogen-bond donors (Lipinski definition) is 3. The van der Waals surface area contributed by atoms with Crippen molar-refractivity contribution >= 4 is 39.5 Å². The minimum atomic E-state index is -4.95. The van der Waals surface area contributed by atoms with E-state index in [4.69, 9.17) is 37.0 Å². The number of ether oxygens (including phenoxy) is 4. The fourth-order valence-electron chi connectivity index (χ4n) is 10.6. The molecule has 0 fully saturated rings. The molecule has 90 heavy (non-hydrogen) atoms. The van der Waals surface area contributed by atoms with E-state index in [1.54, 1.807) is 0 Å². The molecule has 0 aromatic heterocycles. The summed E-state index contributed by atoms with van der Waals surface area (Å²) < 4.78 is 68.3. The molecular formula is C71H138O17P2. The number of hydrogen-bond acceptors (Lipinski definition) is 15. The van der Waals surface area contributed by atoms with Crippen molar-refractivity contribution in [2.75, 3.05) is 39.6 Å². The highest BCUT2D eigenvalue weighted by atomic mass is 31.2. The smallest absolute Gasteiger partial charge is 0.462 e. The monoisotopic (exact) mass is 1320 g/mol. The number of aliphatic hydroxyl groups is 1. The van der Waals surface area contributed by atoms with Crippen molar-refractivity contribution in [3.05, 3.63) is 0 Å². The molecular weight excluding hydrogens is 1190 g/mol. The van der Waals surface area contributed by atoms with Crippen LogP contribution in [0.5, 0.6) is 0 Å². The molecule has 19 heteroatoms. The van der Waals surface area contributed by atoms with Gasteiger partial charge in [-0.2, -0.15) is 0 Å². The number of carbonyl (C=O) groups is 4. The molecule has 0 aliphatic carbocycles. The molecule has 3 unspecified atom stereocenters. The summed E-state index contributed by atoms with van der Waals surface area (Å²) >= 11 is 0. The van der Waals surface area contributed by atoms with E-state index in [-0.39, 0.29) is 25.7 Å². The highest BCUT2D eigenvalue weighted by Crippen LogP contribution is 2.45. The van der Waals surface area contributed by atoms with Crippen LogP contribution in [0.3, 0.4) is 0 Å². The average molecular weight is 1330 g/mol. The van der Waals surface area contributed by atoms with Gasteiger partial charge in [0.15, 0.2) is 12.2 Å². The van der Waals surface area contributed by atoms with Gasteiger partial charge in [0.1, 0.15) is 19.3 Å². The molecule has 0 saturated carbocycles. The van der Waals surface area contributed by atoms with Crippen LogP contribution >= 0.6 is 15.6 Å². The Morgan fingerprint density at radius 1 is 0.311 bits per heavy atom. The lowest BCUT2D eigenvalue weighted by molar-refractivity contribution is -0.161. The third-order valence-corrected chi connectivity index (χ3v) is 18.6. The van der Waals surface area contributed by atoms with Crippen LogP contribution in [0, 0.1) is 23.7 Å². The van der Waals surface area contributed by atoms with Crippen molar-refractivity contribution in [3.63, 3.8) is 0 Å². The number of phosphoric ester groups is 2. The third-order valence-electron chi connectivity index (χ3n) is 16.7. The molecule has 17 nitrogen and oxygen atoms in total. The Morgan fingerprint density at radius 2 is 0.533 bits per heavy atom. The van der Waals surface area contributed by atoms with Gasteiger partial charge in [-0.1, -0.05) is 299 Å². The maximum atomic E-state index is 13.0. The van der Waals surface area contributed by atoms with E-state index in [9.17, 15) is 43.2 Å². The molecule has 0 amide bonds. The lowest BCUT2D eigenvalue weighted by Crippen LogP contribution is -2.30. The highest BCUT2D eigenvalue weighted by molar-refractivity contribution is 7.47. The lowest BCUT2D eigenvalue weighted by Gasteiger charge is -2.21. The normalized spacial score (nSPS) is 14.6. The van der Waals surface area contributed by atoms with Crippen LogP contribution in [-0.4, -0.2) is 96.7 Å². The zero-order chi connectivity index (χ0) is 66.8. The summed E-state index contributed by atoms with van der Waals surface area (Å²) in [6.07, 6.45) is 43.1. The number of esters is 4. The number of rotatable bonds is 68. The number of unbranched alkanes of at least 4 members (excludes halogenated alkanes) is 33. The SMILES string of the molecule is CCC(C)CCCCCCCCCCC(=O)O[C@H](COC(=O)CCCCCCCCC(C)C)COP(=O)(O)OC[C@H](O)COP(=O)(O)OC[C@@H](COC(=O)CCCCCCCCCCCCCCC(C)C)OC(=O)CCCCCCCCCCCCCC(C)C. The third kappa shape index (κ3) is 63.5. The maximum absolute atomic E-state index is 13.0. The first-order chi connectivity index (χ1) is 43.1. The van der Waals surface area contributed by atoms with E-state index in [0.29, 0.717) is 31.6 Å². The minimum absolute atomic E-state index is 0.103. The van der Waals surface area contributed by atoms with Gasteiger partial charge in [-0.05, 0) is 49.4 Å². The van der Waals surface area contributed by atoms with E-state index >= 15 is 0 Å². The predicted molar refractivity (Wildman–Crippen MR) is 363 cm³/mol. The minimum Gasteiger partial charge on any atom is -0.462 e. The molecule has 3 N–H and O–H groups in total. The van der Waals surface area contributed by atoms with Gasteiger partial charge in [-0.25, -0.2) is 9.13 Å². The molecule has 0 aliphatic rings. The summed E-state index contributed by atoms with van der Waals surface area (Å²) in [5, 5.41) is 10.6. The fourth-order valence-corrected chi connectivity index (χ4v) is 12.2. The van der Waals surface area contributed by atoms with Crippen LogP contribution in [0.4, 0.5) is 0 Å². The fraction of sp³-hybridized carbons (Fsp3) is 0.944. The molecule has 0 rings (SSSR count). The Hall–Kier alpha value is -1.94. The molecule has 0 aromatic rings. The van der Waals surface area contributed by atoms with Gasteiger partial charge in [0.05, 0.1) is 26.4 Å². The second-order valence-corrected chi connectivity index (χ2v) is 30.2. The van der Waals surface area contributed by atoms with Gasteiger partial charge in [-0.15, -0.1) is 0 Å². The van der Waals surface area contributed by atoms with Crippen LogP contribution in [0.15, 0.2) is 0 Å². The Bertz CT molecular complexity index is 1780. The number of phosphoric acid groups is 2. The summed E-state index contributed by atoms with van der Waals surface area (Å²) in [7, 11) is -9.90. The first-order valence-corrected chi connectivity index (χ1v) is 39.7. The molecule has 0 radical (unpaired) electrons. The highest BCUT2D eigenvalue weighted by Gasteiger charge is 2.30. The topological polar surface area (TPSA) is 237 Å². The zero-order valence-electron chi connectivity index (χ0n) is 58.8. The van der Waals surface area contributed by atoms with Crippen molar-refractivity contribution in [2.24, 2.45) is 23.7 Å². The maximum Gasteiger partial charge on any atom is 0.472 e. The van der Waals surface area contributed by atoms with Gasteiger partial charge in [-0.3, -0.25) is 37.3 Å². The van der Waals surface area contributed by atoms with Crippen molar-refractivity contribution in [1.29, 1.82) is 0 Å². The molecule has 6 atom stereocenters. The predicted octanol–water partition coefficient (Wildman–Crippen LogP) is 20.1. The summed E-state index contributed by atoms with van der Waals surface area (Å²) in [5.74, 6) is 0.866. The van der Waals surface area contributed by atoms with Crippen molar-refractivity contribution in [3.8, 4) is 0 Å². The van der Waals surface area contributed by atoms with Gasteiger partial charge >= 0.3 is 39.5 Å². The second kappa shape index (κ2) is 60.7.